The molecule has 178 valence electrons. The second kappa shape index (κ2) is 9.68. The monoisotopic (exact) mass is 488 g/mol. The van der Waals surface area contributed by atoms with Crippen molar-refractivity contribution in [3.8, 4) is 11.5 Å². The first-order valence-corrected chi connectivity index (χ1v) is 11.8. The fourth-order valence-electron chi connectivity index (χ4n) is 3.78. The Balaban J connectivity index is 1.49. The van der Waals surface area contributed by atoms with E-state index in [0.717, 1.165) is 5.56 Å². The number of nitrogens with one attached hydrogen (secondary N) is 1. The number of hydrogen-bond donors (Lipinski definition) is 1. The highest BCUT2D eigenvalue weighted by molar-refractivity contribution is 7.92. The summed E-state index contributed by atoms with van der Waals surface area (Å²) in [4.78, 5) is 12.7. The van der Waals surface area contributed by atoms with E-state index in [0.29, 0.717) is 24.2 Å². The lowest BCUT2D eigenvalue weighted by atomic mass is 10.1. The largest absolute Gasteiger partial charge is 0.493 e. The molecule has 0 radical (unpaired) electrons. The Morgan fingerprint density at radius 1 is 1.06 bits per heavy atom. The van der Waals surface area contributed by atoms with Crippen molar-refractivity contribution in [2.24, 2.45) is 0 Å². The van der Waals surface area contributed by atoms with Crippen LogP contribution in [0.5, 0.6) is 11.5 Å². The van der Waals surface area contributed by atoms with E-state index in [1.807, 2.05) is 12.1 Å². The van der Waals surface area contributed by atoms with Gasteiger partial charge in [0.2, 0.25) is 0 Å². The van der Waals surface area contributed by atoms with Crippen molar-refractivity contribution in [3.05, 3.63) is 83.4 Å². The van der Waals surface area contributed by atoms with Crippen molar-refractivity contribution in [3.63, 3.8) is 0 Å². The van der Waals surface area contributed by atoms with Crippen LogP contribution in [-0.2, 0) is 23.0 Å². The molecule has 0 atom stereocenters. The van der Waals surface area contributed by atoms with Gasteiger partial charge in [-0.25, -0.2) is 8.42 Å². The summed E-state index contributed by atoms with van der Waals surface area (Å²) in [6.07, 6.45) is 0.625. The van der Waals surface area contributed by atoms with E-state index in [1.165, 1.54) is 53.9 Å². The number of para-hydroxylation sites is 1. The number of alkyl halides is 2. The minimum Gasteiger partial charge on any atom is -0.493 e. The molecule has 1 aliphatic rings. The van der Waals surface area contributed by atoms with Crippen LogP contribution in [0.4, 0.5) is 14.5 Å². The number of nitrogens with zero attached hydrogens (tertiary/aromatic N) is 1. The number of ether oxygens (including phenoxy) is 2. The van der Waals surface area contributed by atoms with E-state index in [1.54, 1.807) is 12.1 Å². The van der Waals surface area contributed by atoms with Crippen molar-refractivity contribution >= 4 is 21.6 Å². The molecule has 7 nitrogen and oxygen atoms in total. The number of rotatable bonds is 8. The van der Waals surface area contributed by atoms with Crippen LogP contribution in [0.2, 0.25) is 0 Å². The topological polar surface area (TPSA) is 84.9 Å². The second-order valence-corrected chi connectivity index (χ2v) is 9.39. The minimum absolute atomic E-state index is 0.0204. The Morgan fingerprint density at radius 3 is 2.62 bits per heavy atom. The summed E-state index contributed by atoms with van der Waals surface area (Å²) in [6, 6.07) is 17.5. The maximum Gasteiger partial charge on any atom is 0.387 e. The first-order chi connectivity index (χ1) is 16.3. The van der Waals surface area contributed by atoms with Crippen molar-refractivity contribution in [2.75, 3.05) is 18.0 Å². The van der Waals surface area contributed by atoms with Crippen LogP contribution in [0, 0.1) is 0 Å². The van der Waals surface area contributed by atoms with Crippen molar-refractivity contribution in [2.45, 2.75) is 24.5 Å². The Kier molecular flexibility index (Phi) is 6.69. The number of hydrogen-bond acceptors (Lipinski definition) is 5. The molecule has 1 N–H and O–H groups in total. The highest BCUT2D eigenvalue weighted by Gasteiger charge is 2.31. The van der Waals surface area contributed by atoms with Gasteiger partial charge in [0.25, 0.3) is 15.9 Å². The highest BCUT2D eigenvalue weighted by Crippen LogP contribution is 2.33. The van der Waals surface area contributed by atoms with Gasteiger partial charge < -0.3 is 14.8 Å². The lowest BCUT2D eigenvalue weighted by Crippen LogP contribution is -2.29. The number of methoxy groups -OCH3 is 1. The van der Waals surface area contributed by atoms with Gasteiger partial charge in [0.1, 0.15) is 0 Å². The Labute approximate surface area is 196 Å². The highest BCUT2D eigenvalue weighted by atomic mass is 32.2. The normalized spacial score (nSPS) is 13.0. The number of fused-ring (bicyclic) bond motifs is 1. The van der Waals surface area contributed by atoms with Crippen molar-refractivity contribution in [1.82, 2.24) is 5.32 Å². The van der Waals surface area contributed by atoms with E-state index in [-0.39, 0.29) is 28.5 Å². The van der Waals surface area contributed by atoms with Gasteiger partial charge in [0, 0.05) is 18.7 Å². The molecule has 10 heteroatoms. The zero-order valence-corrected chi connectivity index (χ0v) is 19.0. The zero-order chi connectivity index (χ0) is 24.3. The molecule has 0 aromatic heterocycles. The first-order valence-electron chi connectivity index (χ1n) is 10.4. The van der Waals surface area contributed by atoms with Gasteiger partial charge in [-0.05, 0) is 53.9 Å². The third-order valence-corrected chi connectivity index (χ3v) is 7.24. The van der Waals surface area contributed by atoms with Gasteiger partial charge >= 0.3 is 6.61 Å². The molecular weight excluding hydrogens is 466 g/mol. The average molecular weight is 489 g/mol. The molecule has 0 saturated carbocycles. The average Bonchev–Trinajstić information content (AvgIpc) is 3.28. The molecule has 3 aromatic rings. The number of anilines is 1. The van der Waals surface area contributed by atoms with Crippen LogP contribution in [0.25, 0.3) is 0 Å². The van der Waals surface area contributed by atoms with E-state index in [9.17, 15) is 22.0 Å². The number of carbonyl (C=O) groups excluding carboxylic acids is 1. The Morgan fingerprint density at radius 2 is 1.85 bits per heavy atom. The van der Waals surface area contributed by atoms with E-state index in [2.05, 4.69) is 10.1 Å². The third kappa shape index (κ3) is 4.81. The van der Waals surface area contributed by atoms with Crippen molar-refractivity contribution in [1.29, 1.82) is 0 Å². The van der Waals surface area contributed by atoms with E-state index < -0.39 is 22.5 Å². The first kappa shape index (κ1) is 23.5. The molecule has 1 heterocycles. The SMILES string of the molecule is COc1cc(CNC(=O)c2cccc(S(=O)(=O)N3CCc4ccccc43)c2)ccc1OC(F)F. The summed E-state index contributed by atoms with van der Waals surface area (Å²) in [5, 5.41) is 2.70. The number of halogens is 2. The fraction of sp³-hybridized carbons (Fsp3) is 0.208. The molecule has 3 aromatic carbocycles. The number of amides is 1. The van der Waals surface area contributed by atoms with Crippen LogP contribution in [0.15, 0.2) is 71.6 Å². The number of sulfonamides is 1. The molecule has 0 saturated heterocycles. The predicted molar refractivity (Wildman–Crippen MR) is 122 cm³/mol. The molecule has 4 rings (SSSR count). The maximum absolute atomic E-state index is 13.2. The van der Waals surface area contributed by atoms with Crippen molar-refractivity contribution < 1.29 is 31.5 Å². The quantitative estimate of drug-likeness (QED) is 0.519. The van der Waals surface area contributed by atoms with Crippen LogP contribution in [0.1, 0.15) is 21.5 Å². The lowest BCUT2D eigenvalue weighted by molar-refractivity contribution is -0.0512. The van der Waals surface area contributed by atoms with Crippen LogP contribution < -0.4 is 19.1 Å². The minimum atomic E-state index is -3.84. The molecule has 0 bridgehead atoms. The maximum atomic E-state index is 13.2. The molecule has 34 heavy (non-hydrogen) atoms. The summed E-state index contributed by atoms with van der Waals surface area (Å²) in [7, 11) is -2.52. The van der Waals surface area contributed by atoms with E-state index in [4.69, 9.17) is 4.74 Å². The summed E-state index contributed by atoms with van der Waals surface area (Å²) in [5.41, 5.74) is 2.37. The molecule has 0 aliphatic carbocycles. The third-order valence-electron chi connectivity index (χ3n) is 5.43. The molecule has 0 unspecified atom stereocenters. The summed E-state index contributed by atoms with van der Waals surface area (Å²) in [6.45, 7) is -2.58. The standard InChI is InChI=1S/C24H22F2N2O5S/c1-32-22-13-16(9-10-21(22)33-24(25)26)15-27-23(29)18-6-4-7-19(14-18)34(30,31)28-12-11-17-5-2-3-8-20(17)28/h2-10,13-14,24H,11-12,15H2,1H3,(H,27,29). The summed E-state index contributed by atoms with van der Waals surface area (Å²) in [5.74, 6) is -0.495. The lowest BCUT2D eigenvalue weighted by Gasteiger charge is -2.20. The smallest absolute Gasteiger partial charge is 0.387 e. The fourth-order valence-corrected chi connectivity index (χ4v) is 5.33. The Hall–Kier alpha value is -3.66. The van der Waals surface area contributed by atoms with Gasteiger partial charge in [-0.2, -0.15) is 8.78 Å². The molecular formula is C24H22F2N2O5S. The van der Waals surface area contributed by atoms with Gasteiger partial charge in [-0.3, -0.25) is 9.10 Å². The predicted octanol–water partition coefficient (Wildman–Crippen LogP) is 3.98. The molecule has 1 aliphatic heterocycles. The van der Waals surface area contributed by atoms with E-state index >= 15 is 0 Å². The summed E-state index contributed by atoms with van der Waals surface area (Å²) < 4.78 is 62.3. The zero-order valence-electron chi connectivity index (χ0n) is 18.2. The second-order valence-electron chi connectivity index (χ2n) is 7.53. The van der Waals surface area contributed by atoms with Gasteiger partial charge in [-0.1, -0.05) is 30.3 Å². The van der Waals surface area contributed by atoms with Gasteiger partial charge in [0.15, 0.2) is 11.5 Å². The van der Waals surface area contributed by atoms with Crippen LogP contribution in [-0.4, -0.2) is 34.6 Å². The summed E-state index contributed by atoms with van der Waals surface area (Å²) >= 11 is 0. The van der Waals surface area contributed by atoms with Gasteiger partial charge in [-0.15, -0.1) is 0 Å². The molecule has 0 fully saturated rings. The Bertz CT molecular complexity index is 1310. The van der Waals surface area contributed by atoms with Crippen LogP contribution in [0.3, 0.4) is 0 Å². The number of benzene rings is 3. The van der Waals surface area contributed by atoms with Crippen LogP contribution >= 0.6 is 0 Å². The molecule has 1 amide bonds. The number of carbonyl (C=O) groups is 1. The van der Waals surface area contributed by atoms with Gasteiger partial charge in [0.05, 0.1) is 17.7 Å². The molecule has 0 spiro atoms.